The lowest BCUT2D eigenvalue weighted by Gasteiger charge is -2.36. The third kappa shape index (κ3) is 2.75. The monoisotopic (exact) mass is 252 g/mol. The molecule has 17 heavy (non-hydrogen) atoms. The van der Waals surface area contributed by atoms with Gasteiger partial charge in [0.2, 0.25) is 0 Å². The Morgan fingerprint density at radius 2 is 2.18 bits per heavy atom. The number of hydrogen-bond donors (Lipinski definition) is 1. The van der Waals surface area contributed by atoms with Gasteiger partial charge in [0.15, 0.2) is 0 Å². The second-order valence-corrected chi connectivity index (χ2v) is 5.44. The summed E-state index contributed by atoms with van der Waals surface area (Å²) in [6.07, 6.45) is 3.84. The summed E-state index contributed by atoms with van der Waals surface area (Å²) in [5, 5.41) is 0.827. The van der Waals surface area contributed by atoms with Gasteiger partial charge in [0.1, 0.15) is 0 Å². The molecule has 0 aromatic heterocycles. The second-order valence-electron chi connectivity index (χ2n) is 5.04. The van der Waals surface area contributed by atoms with Crippen molar-refractivity contribution in [3.8, 4) is 0 Å². The van der Waals surface area contributed by atoms with Gasteiger partial charge >= 0.3 is 0 Å². The smallest absolute Gasteiger partial charge is 0.0642 e. The van der Waals surface area contributed by atoms with Gasteiger partial charge in [-0.2, -0.15) is 0 Å². The van der Waals surface area contributed by atoms with Crippen LogP contribution in [0.15, 0.2) is 18.2 Å². The Hall–Kier alpha value is -0.730. The van der Waals surface area contributed by atoms with E-state index >= 15 is 0 Å². The highest BCUT2D eigenvalue weighted by Crippen LogP contribution is 2.32. The van der Waals surface area contributed by atoms with E-state index in [1.165, 1.54) is 19.3 Å². The van der Waals surface area contributed by atoms with Crippen molar-refractivity contribution in [1.82, 2.24) is 0 Å². The van der Waals surface area contributed by atoms with Crippen LogP contribution in [-0.2, 0) is 0 Å². The van der Waals surface area contributed by atoms with E-state index in [2.05, 4.69) is 24.0 Å². The molecule has 1 saturated heterocycles. The first-order valence-corrected chi connectivity index (χ1v) is 6.79. The van der Waals surface area contributed by atoms with Crippen molar-refractivity contribution in [1.29, 1.82) is 0 Å². The van der Waals surface area contributed by atoms with E-state index < -0.39 is 0 Å². The fraction of sp³-hybridized carbons (Fsp3) is 0.571. The van der Waals surface area contributed by atoms with Crippen LogP contribution in [0.1, 0.15) is 44.7 Å². The van der Waals surface area contributed by atoms with Crippen LogP contribution >= 0.6 is 11.6 Å². The predicted molar refractivity (Wildman–Crippen MR) is 74.7 cm³/mol. The maximum atomic E-state index is 6.37. The summed E-state index contributed by atoms with van der Waals surface area (Å²) in [6, 6.07) is 6.83. The molecule has 1 unspecified atom stereocenters. The number of hydrogen-bond acceptors (Lipinski definition) is 2. The molecule has 1 aliphatic rings. The van der Waals surface area contributed by atoms with E-state index in [9.17, 15) is 0 Å². The van der Waals surface area contributed by atoms with Crippen molar-refractivity contribution >= 4 is 17.3 Å². The lowest BCUT2D eigenvalue weighted by molar-refractivity contribution is 0.485. The van der Waals surface area contributed by atoms with Crippen molar-refractivity contribution < 1.29 is 0 Å². The average Bonchev–Trinajstić information content (AvgIpc) is 2.30. The van der Waals surface area contributed by atoms with E-state index in [-0.39, 0.29) is 6.04 Å². The van der Waals surface area contributed by atoms with Crippen LogP contribution in [0.5, 0.6) is 0 Å². The van der Waals surface area contributed by atoms with E-state index in [0.29, 0.717) is 6.04 Å². The summed E-state index contributed by atoms with van der Waals surface area (Å²) in [4.78, 5) is 2.41. The van der Waals surface area contributed by atoms with Gasteiger partial charge in [0.05, 0.1) is 10.7 Å². The van der Waals surface area contributed by atoms with Crippen molar-refractivity contribution in [3.05, 3.63) is 28.8 Å². The van der Waals surface area contributed by atoms with Gasteiger partial charge in [0.25, 0.3) is 0 Å². The second kappa shape index (κ2) is 5.28. The summed E-state index contributed by atoms with van der Waals surface area (Å²) in [7, 11) is 0. The number of nitrogens with two attached hydrogens (primary N) is 1. The molecule has 2 N–H and O–H groups in total. The van der Waals surface area contributed by atoms with Crippen LogP contribution in [0, 0.1) is 0 Å². The van der Waals surface area contributed by atoms with E-state index in [4.69, 9.17) is 17.3 Å². The molecule has 0 aliphatic carbocycles. The highest BCUT2D eigenvalue weighted by Gasteiger charge is 2.20. The molecule has 1 aromatic rings. The number of rotatable bonds is 2. The van der Waals surface area contributed by atoms with Gasteiger partial charge < -0.3 is 10.6 Å². The summed E-state index contributed by atoms with van der Waals surface area (Å²) >= 11 is 6.37. The SMILES string of the molecule is CC1CCCCN1c1ccc([C@H](C)N)cc1Cl. The van der Waals surface area contributed by atoms with Crippen molar-refractivity contribution in [2.45, 2.75) is 45.2 Å². The van der Waals surface area contributed by atoms with Crippen LogP contribution in [0.4, 0.5) is 5.69 Å². The first-order valence-electron chi connectivity index (χ1n) is 6.41. The zero-order chi connectivity index (χ0) is 12.4. The normalized spacial score (nSPS) is 22.6. The number of anilines is 1. The molecule has 94 valence electrons. The minimum absolute atomic E-state index is 0.0420. The summed E-state index contributed by atoms with van der Waals surface area (Å²) in [5.74, 6) is 0. The Morgan fingerprint density at radius 1 is 1.41 bits per heavy atom. The number of piperidine rings is 1. The molecule has 1 fully saturated rings. The Kier molecular flexibility index (Phi) is 3.95. The predicted octanol–water partition coefficient (Wildman–Crippen LogP) is 3.74. The lowest BCUT2D eigenvalue weighted by Crippen LogP contribution is -2.37. The molecular weight excluding hydrogens is 232 g/mol. The molecule has 2 rings (SSSR count). The van der Waals surface area contributed by atoms with Gasteiger partial charge in [-0.15, -0.1) is 0 Å². The largest absolute Gasteiger partial charge is 0.368 e. The van der Waals surface area contributed by atoms with Gasteiger partial charge in [-0.05, 0) is 50.8 Å². The topological polar surface area (TPSA) is 29.3 Å². The Bertz CT molecular complexity index is 390. The maximum Gasteiger partial charge on any atom is 0.0642 e. The minimum Gasteiger partial charge on any atom is -0.368 e. The molecule has 2 nitrogen and oxygen atoms in total. The average molecular weight is 253 g/mol. The Labute approximate surface area is 109 Å². The van der Waals surface area contributed by atoms with Crippen LogP contribution < -0.4 is 10.6 Å². The van der Waals surface area contributed by atoms with Crippen molar-refractivity contribution in [3.63, 3.8) is 0 Å². The summed E-state index contributed by atoms with van der Waals surface area (Å²) < 4.78 is 0. The third-order valence-corrected chi connectivity index (χ3v) is 3.91. The molecule has 1 aromatic carbocycles. The molecule has 0 saturated carbocycles. The summed E-state index contributed by atoms with van der Waals surface area (Å²) in [6.45, 7) is 5.36. The highest BCUT2D eigenvalue weighted by molar-refractivity contribution is 6.33. The minimum atomic E-state index is 0.0420. The zero-order valence-corrected chi connectivity index (χ0v) is 11.4. The van der Waals surface area contributed by atoms with Gasteiger partial charge in [-0.3, -0.25) is 0 Å². The molecule has 3 heteroatoms. The molecule has 0 amide bonds. The molecule has 1 heterocycles. The standard InChI is InChI=1S/C14H21ClN2/c1-10-5-3-4-8-17(10)14-7-6-12(11(2)16)9-13(14)15/h6-7,9-11H,3-5,8,16H2,1-2H3/t10?,11-/m0/s1. The number of benzene rings is 1. The molecule has 2 atom stereocenters. The van der Waals surface area contributed by atoms with Gasteiger partial charge in [-0.1, -0.05) is 17.7 Å². The third-order valence-electron chi connectivity index (χ3n) is 3.61. The molecule has 0 bridgehead atoms. The lowest BCUT2D eigenvalue weighted by atomic mass is 10.0. The maximum absolute atomic E-state index is 6.37. The molecule has 1 aliphatic heterocycles. The Balaban J connectivity index is 2.26. The number of halogens is 1. The zero-order valence-electron chi connectivity index (χ0n) is 10.6. The molecule has 0 spiro atoms. The quantitative estimate of drug-likeness (QED) is 0.869. The van der Waals surface area contributed by atoms with Crippen LogP contribution in [-0.4, -0.2) is 12.6 Å². The molecular formula is C14H21ClN2. The molecule has 0 radical (unpaired) electrons. The van der Waals surface area contributed by atoms with E-state index in [1.807, 2.05) is 13.0 Å². The van der Waals surface area contributed by atoms with Crippen molar-refractivity contribution in [2.75, 3.05) is 11.4 Å². The van der Waals surface area contributed by atoms with Crippen LogP contribution in [0.3, 0.4) is 0 Å². The van der Waals surface area contributed by atoms with E-state index in [1.54, 1.807) is 0 Å². The fourth-order valence-corrected chi connectivity index (χ4v) is 2.79. The first-order chi connectivity index (χ1) is 8.09. The van der Waals surface area contributed by atoms with Crippen molar-refractivity contribution in [2.24, 2.45) is 5.73 Å². The fourth-order valence-electron chi connectivity index (χ4n) is 2.50. The van der Waals surface area contributed by atoms with Crippen LogP contribution in [0.2, 0.25) is 5.02 Å². The highest BCUT2D eigenvalue weighted by atomic mass is 35.5. The Morgan fingerprint density at radius 3 is 2.76 bits per heavy atom. The van der Waals surface area contributed by atoms with E-state index in [0.717, 1.165) is 22.8 Å². The van der Waals surface area contributed by atoms with Gasteiger partial charge in [0, 0.05) is 18.6 Å². The van der Waals surface area contributed by atoms with Gasteiger partial charge in [-0.25, -0.2) is 0 Å². The van der Waals surface area contributed by atoms with Crippen LogP contribution in [0.25, 0.3) is 0 Å². The number of nitrogens with zero attached hydrogens (tertiary/aromatic N) is 1. The summed E-state index contributed by atoms with van der Waals surface area (Å²) in [5.41, 5.74) is 8.12. The first kappa shape index (κ1) is 12.7.